The Morgan fingerprint density at radius 1 is 1.09 bits per heavy atom. The van der Waals surface area contributed by atoms with Gasteiger partial charge in [-0.05, 0) is 43.2 Å². The minimum atomic E-state index is -1.05. The number of aromatic nitrogens is 1. The third kappa shape index (κ3) is 6.23. The molecule has 0 saturated carbocycles. The molecule has 2 aromatic carbocycles. The molecule has 2 atom stereocenters. The van der Waals surface area contributed by atoms with E-state index in [0.717, 1.165) is 21.4 Å². The standard InChI is InChI=1S/C34H28N4O7/c39-28(36-31(23-9-4-16-35-20-23)27-19-22-7-1-2-12-26(22)45-27)13-6-18-44-17-5-10-21-8-3-11-24-30(21)34(43)38(33(24)42)25-14-15-29(40)37-32(25)41/h1-4,7-9,11-12,16,19-20,25,31H,6,13-15,17-18H2,(H,36,39)(H,37,40,41). The van der Waals surface area contributed by atoms with Crippen molar-refractivity contribution in [1.29, 1.82) is 0 Å². The molecule has 0 aliphatic carbocycles. The Morgan fingerprint density at radius 3 is 2.76 bits per heavy atom. The normalized spacial score (nSPS) is 16.6. The number of carbonyl (C=O) groups excluding carboxylic acids is 5. The van der Waals surface area contributed by atoms with Crippen molar-refractivity contribution in [3.05, 3.63) is 101 Å². The van der Waals surface area contributed by atoms with Crippen molar-refractivity contribution in [3.8, 4) is 11.8 Å². The van der Waals surface area contributed by atoms with Gasteiger partial charge < -0.3 is 14.5 Å². The highest BCUT2D eigenvalue weighted by atomic mass is 16.5. The molecule has 4 aromatic rings. The Labute approximate surface area is 257 Å². The first-order chi connectivity index (χ1) is 21.9. The lowest BCUT2D eigenvalue weighted by Crippen LogP contribution is -2.54. The van der Waals surface area contributed by atoms with Crippen molar-refractivity contribution >= 4 is 40.5 Å². The fourth-order valence-electron chi connectivity index (χ4n) is 5.45. The lowest BCUT2D eigenvalue weighted by molar-refractivity contribution is -0.136. The molecule has 45 heavy (non-hydrogen) atoms. The molecule has 226 valence electrons. The summed E-state index contributed by atoms with van der Waals surface area (Å²) in [6, 6.07) is 16.4. The van der Waals surface area contributed by atoms with Crippen molar-refractivity contribution in [2.45, 2.75) is 37.8 Å². The van der Waals surface area contributed by atoms with Gasteiger partial charge in [0, 0.05) is 48.4 Å². The molecule has 0 radical (unpaired) electrons. The number of piperidine rings is 1. The number of amides is 5. The molecule has 1 fully saturated rings. The first kappa shape index (κ1) is 29.5. The van der Waals surface area contributed by atoms with Gasteiger partial charge in [0.05, 0.1) is 11.1 Å². The number of rotatable bonds is 9. The van der Waals surface area contributed by atoms with Crippen LogP contribution in [0.1, 0.15) is 69.3 Å². The van der Waals surface area contributed by atoms with Crippen LogP contribution in [-0.4, -0.2) is 58.7 Å². The van der Waals surface area contributed by atoms with Gasteiger partial charge in [-0.1, -0.05) is 42.2 Å². The second-order valence-electron chi connectivity index (χ2n) is 10.6. The number of nitrogens with zero attached hydrogens (tertiary/aromatic N) is 2. The van der Waals surface area contributed by atoms with Gasteiger partial charge in [-0.2, -0.15) is 0 Å². The highest BCUT2D eigenvalue weighted by Gasteiger charge is 2.45. The Kier molecular flexibility index (Phi) is 8.48. The van der Waals surface area contributed by atoms with Crippen LogP contribution >= 0.6 is 0 Å². The van der Waals surface area contributed by atoms with Crippen LogP contribution in [0.25, 0.3) is 11.0 Å². The number of nitrogens with one attached hydrogen (secondary N) is 2. The number of hydrogen-bond donors (Lipinski definition) is 2. The number of benzene rings is 2. The summed E-state index contributed by atoms with van der Waals surface area (Å²) < 4.78 is 11.6. The summed E-state index contributed by atoms with van der Waals surface area (Å²) in [5, 5.41) is 6.16. The second-order valence-corrected chi connectivity index (χ2v) is 10.6. The number of ether oxygens (including phenoxy) is 1. The number of fused-ring (bicyclic) bond motifs is 2. The van der Waals surface area contributed by atoms with Crippen LogP contribution in [0, 0.1) is 11.8 Å². The average Bonchev–Trinajstić information content (AvgIpc) is 3.58. The first-order valence-electron chi connectivity index (χ1n) is 14.5. The largest absolute Gasteiger partial charge is 0.459 e. The van der Waals surface area contributed by atoms with Gasteiger partial charge in [0.25, 0.3) is 11.8 Å². The number of carbonyl (C=O) groups is 5. The van der Waals surface area contributed by atoms with E-state index in [1.165, 1.54) is 6.07 Å². The lowest BCUT2D eigenvalue weighted by Gasteiger charge is -2.27. The van der Waals surface area contributed by atoms with Crippen molar-refractivity contribution < 1.29 is 33.1 Å². The van der Waals surface area contributed by atoms with Gasteiger partial charge in [-0.3, -0.25) is 39.2 Å². The van der Waals surface area contributed by atoms with E-state index in [2.05, 4.69) is 27.5 Å². The quantitative estimate of drug-likeness (QED) is 0.168. The molecule has 0 bridgehead atoms. The molecule has 0 spiro atoms. The highest BCUT2D eigenvalue weighted by Crippen LogP contribution is 2.30. The molecule has 11 nitrogen and oxygen atoms in total. The lowest BCUT2D eigenvalue weighted by atomic mass is 10.0. The van der Waals surface area contributed by atoms with Crippen LogP contribution in [0.3, 0.4) is 0 Å². The molecule has 2 unspecified atom stereocenters. The van der Waals surface area contributed by atoms with E-state index >= 15 is 0 Å². The SMILES string of the molecule is O=C1CCC(N2C(=O)c3cccc(C#CCOCCCC(=O)NC(c4cccnc4)c4cc5ccccc5o4)c3C2=O)C(=O)N1. The number of para-hydroxylation sites is 1. The van der Waals surface area contributed by atoms with E-state index in [4.69, 9.17) is 9.15 Å². The Bertz CT molecular complexity index is 1840. The summed E-state index contributed by atoms with van der Waals surface area (Å²) in [6.07, 6.45) is 4.14. The fraction of sp³-hybridized carbons (Fsp3) is 0.235. The maximum atomic E-state index is 13.2. The number of hydrogen-bond acceptors (Lipinski definition) is 8. The van der Waals surface area contributed by atoms with E-state index in [0.29, 0.717) is 17.7 Å². The summed E-state index contributed by atoms with van der Waals surface area (Å²) in [5.74, 6) is 3.86. The van der Waals surface area contributed by atoms with Gasteiger partial charge in [0.2, 0.25) is 17.7 Å². The maximum absolute atomic E-state index is 13.2. The van der Waals surface area contributed by atoms with Gasteiger partial charge >= 0.3 is 0 Å². The Morgan fingerprint density at radius 2 is 1.96 bits per heavy atom. The predicted octanol–water partition coefficient (Wildman–Crippen LogP) is 3.28. The monoisotopic (exact) mass is 604 g/mol. The first-order valence-corrected chi connectivity index (χ1v) is 14.5. The number of imide groups is 2. The molecule has 6 rings (SSSR count). The van der Waals surface area contributed by atoms with E-state index in [9.17, 15) is 24.0 Å². The molecule has 2 aliphatic rings. The third-order valence-corrected chi connectivity index (χ3v) is 7.61. The van der Waals surface area contributed by atoms with Crippen molar-refractivity contribution in [2.24, 2.45) is 0 Å². The van der Waals surface area contributed by atoms with E-state index in [1.54, 1.807) is 30.6 Å². The zero-order valence-electron chi connectivity index (χ0n) is 24.1. The average molecular weight is 605 g/mol. The molecule has 4 heterocycles. The van der Waals surface area contributed by atoms with Crippen molar-refractivity contribution in [3.63, 3.8) is 0 Å². The maximum Gasteiger partial charge on any atom is 0.263 e. The van der Waals surface area contributed by atoms with Crippen LogP contribution in [0.5, 0.6) is 0 Å². The van der Waals surface area contributed by atoms with Crippen LogP contribution < -0.4 is 10.6 Å². The zero-order chi connectivity index (χ0) is 31.3. The van der Waals surface area contributed by atoms with Gasteiger partial charge in [-0.25, -0.2) is 0 Å². The van der Waals surface area contributed by atoms with Gasteiger partial charge in [0.15, 0.2) is 0 Å². The molecule has 11 heteroatoms. The van der Waals surface area contributed by atoms with Gasteiger partial charge in [-0.15, -0.1) is 0 Å². The number of pyridine rings is 1. The summed E-state index contributed by atoms with van der Waals surface area (Å²) in [7, 11) is 0. The van der Waals surface area contributed by atoms with E-state index in [1.807, 2.05) is 36.4 Å². The Balaban J connectivity index is 1.02. The minimum Gasteiger partial charge on any atom is -0.459 e. The second kappa shape index (κ2) is 13.0. The van der Waals surface area contributed by atoms with Crippen LogP contribution in [0.2, 0.25) is 0 Å². The van der Waals surface area contributed by atoms with Crippen LogP contribution in [0.4, 0.5) is 0 Å². The van der Waals surface area contributed by atoms with Gasteiger partial charge in [0.1, 0.15) is 30.0 Å². The van der Waals surface area contributed by atoms with Crippen LogP contribution in [-0.2, 0) is 19.1 Å². The molecule has 2 aromatic heterocycles. The number of furan rings is 1. The molecule has 2 aliphatic heterocycles. The predicted molar refractivity (Wildman–Crippen MR) is 160 cm³/mol. The summed E-state index contributed by atoms with van der Waals surface area (Å²) >= 11 is 0. The van der Waals surface area contributed by atoms with Crippen molar-refractivity contribution in [1.82, 2.24) is 20.5 Å². The summed E-state index contributed by atoms with van der Waals surface area (Å²) in [4.78, 5) is 68.0. The molecule has 5 amide bonds. The minimum absolute atomic E-state index is 0.0432. The summed E-state index contributed by atoms with van der Waals surface area (Å²) in [5.41, 5.74) is 2.16. The van der Waals surface area contributed by atoms with E-state index < -0.39 is 35.7 Å². The zero-order valence-corrected chi connectivity index (χ0v) is 24.1. The van der Waals surface area contributed by atoms with E-state index in [-0.39, 0.29) is 49.5 Å². The fourth-order valence-corrected chi connectivity index (χ4v) is 5.45. The Hall–Kier alpha value is -5.60. The highest BCUT2D eigenvalue weighted by molar-refractivity contribution is 6.24. The molecule has 1 saturated heterocycles. The molecular weight excluding hydrogens is 576 g/mol. The van der Waals surface area contributed by atoms with Crippen molar-refractivity contribution in [2.75, 3.05) is 13.2 Å². The topological polar surface area (TPSA) is 148 Å². The summed E-state index contributed by atoms with van der Waals surface area (Å²) in [6.45, 7) is 0.319. The molecule has 2 N–H and O–H groups in total. The smallest absolute Gasteiger partial charge is 0.263 e. The molecular formula is C34H28N4O7. The van der Waals surface area contributed by atoms with Crippen LogP contribution in [0.15, 0.2) is 77.5 Å². The third-order valence-electron chi connectivity index (χ3n) is 7.61.